The van der Waals surface area contributed by atoms with Crippen molar-refractivity contribution in [1.82, 2.24) is 0 Å². The predicted octanol–water partition coefficient (Wildman–Crippen LogP) is 2.00. The van der Waals surface area contributed by atoms with E-state index in [9.17, 15) is 13.2 Å². The highest BCUT2D eigenvalue weighted by Crippen LogP contribution is 2.15. The van der Waals surface area contributed by atoms with Crippen molar-refractivity contribution in [1.29, 1.82) is 0 Å². The fourth-order valence-corrected chi connectivity index (χ4v) is 1.09. The molecule has 4 heteroatoms. The molecule has 1 aromatic rings. The van der Waals surface area contributed by atoms with Crippen LogP contribution in [0, 0.1) is 17.5 Å². The SMILES string of the molecule is NCCCc1c(F)cc(F)cc1F. The van der Waals surface area contributed by atoms with Crippen molar-refractivity contribution >= 4 is 0 Å². The lowest BCUT2D eigenvalue weighted by Gasteiger charge is -2.03. The second kappa shape index (κ2) is 4.28. The highest BCUT2D eigenvalue weighted by molar-refractivity contribution is 5.20. The third-order valence-corrected chi connectivity index (χ3v) is 1.74. The minimum Gasteiger partial charge on any atom is -0.330 e. The Kier molecular flexibility index (Phi) is 3.31. The zero-order valence-electron chi connectivity index (χ0n) is 6.99. The lowest BCUT2D eigenvalue weighted by Crippen LogP contribution is -2.04. The van der Waals surface area contributed by atoms with Gasteiger partial charge in [0, 0.05) is 17.7 Å². The molecular weight excluding hydrogens is 179 g/mol. The van der Waals surface area contributed by atoms with E-state index in [0.717, 1.165) is 0 Å². The lowest BCUT2D eigenvalue weighted by atomic mass is 10.1. The van der Waals surface area contributed by atoms with Gasteiger partial charge in [-0.3, -0.25) is 0 Å². The van der Waals surface area contributed by atoms with Gasteiger partial charge in [-0.15, -0.1) is 0 Å². The van der Waals surface area contributed by atoms with Crippen LogP contribution in [0.15, 0.2) is 12.1 Å². The molecule has 0 saturated heterocycles. The van der Waals surface area contributed by atoms with Crippen molar-refractivity contribution in [2.75, 3.05) is 6.54 Å². The first kappa shape index (κ1) is 10.1. The van der Waals surface area contributed by atoms with Gasteiger partial charge in [-0.2, -0.15) is 0 Å². The Hall–Kier alpha value is -1.03. The quantitative estimate of drug-likeness (QED) is 0.773. The molecule has 0 fully saturated rings. The summed E-state index contributed by atoms with van der Waals surface area (Å²) in [5.74, 6) is -2.58. The number of benzene rings is 1. The van der Waals surface area contributed by atoms with Crippen molar-refractivity contribution in [3.63, 3.8) is 0 Å². The number of halogens is 3. The maximum Gasteiger partial charge on any atom is 0.132 e. The van der Waals surface area contributed by atoms with Gasteiger partial charge < -0.3 is 5.73 Å². The molecule has 0 heterocycles. The van der Waals surface area contributed by atoms with E-state index in [1.54, 1.807) is 0 Å². The summed E-state index contributed by atoms with van der Waals surface area (Å²) in [7, 11) is 0. The van der Waals surface area contributed by atoms with Crippen molar-refractivity contribution in [2.24, 2.45) is 5.73 Å². The third-order valence-electron chi connectivity index (χ3n) is 1.74. The Morgan fingerprint density at radius 2 is 1.62 bits per heavy atom. The van der Waals surface area contributed by atoms with Gasteiger partial charge in [-0.25, -0.2) is 13.2 Å². The van der Waals surface area contributed by atoms with E-state index in [4.69, 9.17) is 5.73 Å². The van der Waals surface area contributed by atoms with Crippen molar-refractivity contribution in [3.8, 4) is 0 Å². The first-order valence-electron chi connectivity index (χ1n) is 3.98. The molecule has 1 aromatic carbocycles. The monoisotopic (exact) mass is 189 g/mol. The van der Waals surface area contributed by atoms with E-state index < -0.39 is 17.5 Å². The predicted molar refractivity (Wildman–Crippen MR) is 43.7 cm³/mol. The number of nitrogens with two attached hydrogens (primary N) is 1. The topological polar surface area (TPSA) is 26.0 Å². The minimum atomic E-state index is -0.897. The standard InChI is InChI=1S/C9H10F3N/c10-6-4-8(11)7(2-1-3-13)9(12)5-6/h4-5H,1-3,13H2. The second-order valence-corrected chi connectivity index (χ2v) is 2.74. The Bertz CT molecular complexity index is 276. The van der Waals surface area contributed by atoms with E-state index >= 15 is 0 Å². The lowest BCUT2D eigenvalue weighted by molar-refractivity contribution is 0.520. The molecule has 1 rings (SSSR count). The summed E-state index contributed by atoms with van der Waals surface area (Å²) in [5.41, 5.74) is 5.10. The first-order chi connectivity index (χ1) is 6.15. The van der Waals surface area contributed by atoms with Gasteiger partial charge in [0.1, 0.15) is 17.5 Å². The summed E-state index contributed by atoms with van der Waals surface area (Å²) in [6.45, 7) is 0.357. The van der Waals surface area contributed by atoms with Gasteiger partial charge in [0.2, 0.25) is 0 Å². The van der Waals surface area contributed by atoms with Crippen LogP contribution in [0.25, 0.3) is 0 Å². The highest BCUT2D eigenvalue weighted by atomic mass is 19.1. The summed E-state index contributed by atoms with van der Waals surface area (Å²) in [6, 6.07) is 1.35. The van der Waals surface area contributed by atoms with E-state index in [2.05, 4.69) is 0 Å². The van der Waals surface area contributed by atoms with Gasteiger partial charge in [-0.05, 0) is 19.4 Å². The van der Waals surface area contributed by atoms with Crippen LogP contribution in [-0.2, 0) is 6.42 Å². The zero-order valence-corrected chi connectivity index (χ0v) is 6.99. The van der Waals surface area contributed by atoms with Gasteiger partial charge >= 0.3 is 0 Å². The van der Waals surface area contributed by atoms with E-state index in [1.807, 2.05) is 0 Å². The fraction of sp³-hybridized carbons (Fsp3) is 0.333. The molecule has 13 heavy (non-hydrogen) atoms. The molecule has 0 aliphatic heterocycles. The first-order valence-corrected chi connectivity index (χ1v) is 3.98. The maximum absolute atomic E-state index is 12.9. The molecular formula is C9H10F3N. The largest absolute Gasteiger partial charge is 0.330 e. The molecule has 0 aliphatic rings. The van der Waals surface area contributed by atoms with Crippen LogP contribution in [-0.4, -0.2) is 6.54 Å². The molecule has 1 nitrogen and oxygen atoms in total. The zero-order chi connectivity index (χ0) is 9.84. The van der Waals surface area contributed by atoms with E-state index in [0.29, 0.717) is 25.1 Å². The van der Waals surface area contributed by atoms with Crippen molar-refractivity contribution in [3.05, 3.63) is 35.1 Å². The Labute approximate surface area is 74.4 Å². The van der Waals surface area contributed by atoms with Crippen LogP contribution in [0.5, 0.6) is 0 Å². The average Bonchev–Trinajstić information content (AvgIpc) is 2.02. The Balaban J connectivity index is 2.92. The molecule has 0 aliphatic carbocycles. The van der Waals surface area contributed by atoms with Crippen molar-refractivity contribution in [2.45, 2.75) is 12.8 Å². The average molecular weight is 189 g/mol. The smallest absolute Gasteiger partial charge is 0.132 e. The molecule has 0 amide bonds. The maximum atomic E-state index is 12.9. The summed E-state index contributed by atoms with van der Waals surface area (Å²) >= 11 is 0. The van der Waals surface area contributed by atoms with Crippen LogP contribution in [0.1, 0.15) is 12.0 Å². The molecule has 0 atom stereocenters. The van der Waals surface area contributed by atoms with Crippen LogP contribution >= 0.6 is 0 Å². The molecule has 0 unspecified atom stereocenters. The number of hydrogen-bond donors (Lipinski definition) is 1. The summed E-state index contributed by atoms with van der Waals surface area (Å²) in [6.07, 6.45) is 0.688. The number of hydrogen-bond acceptors (Lipinski definition) is 1. The minimum absolute atomic E-state index is 0.0909. The normalized spacial score (nSPS) is 10.5. The van der Waals surface area contributed by atoms with Crippen molar-refractivity contribution < 1.29 is 13.2 Å². The molecule has 0 spiro atoms. The molecule has 0 saturated carbocycles. The van der Waals surface area contributed by atoms with Crippen LogP contribution < -0.4 is 5.73 Å². The molecule has 72 valence electrons. The van der Waals surface area contributed by atoms with Gasteiger partial charge in [0.25, 0.3) is 0 Å². The second-order valence-electron chi connectivity index (χ2n) is 2.74. The Morgan fingerprint density at radius 3 is 2.08 bits per heavy atom. The van der Waals surface area contributed by atoms with Crippen LogP contribution in [0.4, 0.5) is 13.2 Å². The fourth-order valence-electron chi connectivity index (χ4n) is 1.09. The molecule has 0 radical (unpaired) electrons. The van der Waals surface area contributed by atoms with Crippen LogP contribution in [0.2, 0.25) is 0 Å². The molecule has 0 aromatic heterocycles. The summed E-state index contributed by atoms with van der Waals surface area (Å²) < 4.78 is 38.3. The molecule has 2 N–H and O–H groups in total. The van der Waals surface area contributed by atoms with Gasteiger partial charge in [0.05, 0.1) is 0 Å². The number of rotatable bonds is 3. The summed E-state index contributed by atoms with van der Waals surface area (Å²) in [4.78, 5) is 0. The van der Waals surface area contributed by atoms with Gasteiger partial charge in [-0.1, -0.05) is 0 Å². The summed E-state index contributed by atoms with van der Waals surface area (Å²) in [5, 5.41) is 0. The molecule has 0 bridgehead atoms. The van der Waals surface area contributed by atoms with E-state index in [1.165, 1.54) is 0 Å². The highest BCUT2D eigenvalue weighted by Gasteiger charge is 2.10. The third kappa shape index (κ3) is 2.45. The Morgan fingerprint density at radius 1 is 1.08 bits per heavy atom. The van der Waals surface area contributed by atoms with E-state index in [-0.39, 0.29) is 12.0 Å². The van der Waals surface area contributed by atoms with Crippen LogP contribution in [0.3, 0.4) is 0 Å². The van der Waals surface area contributed by atoms with Gasteiger partial charge in [0.15, 0.2) is 0 Å².